The predicted octanol–water partition coefficient (Wildman–Crippen LogP) is 4.52. The van der Waals surface area contributed by atoms with Gasteiger partial charge in [-0.05, 0) is 78.8 Å². The first-order valence-electron chi connectivity index (χ1n) is 10.1. The number of hydrogen-bond acceptors (Lipinski definition) is 6. The van der Waals surface area contributed by atoms with Crippen molar-refractivity contribution in [3.05, 3.63) is 82.9 Å². The van der Waals surface area contributed by atoms with Crippen molar-refractivity contribution in [3.8, 4) is 11.5 Å². The van der Waals surface area contributed by atoms with Gasteiger partial charge in [-0.1, -0.05) is 29.8 Å². The molecule has 0 atom stereocenters. The molecular formula is C24H23ClN2O5S2. The number of aryl methyl sites for hydroxylation is 1. The Balaban J connectivity index is 1.52. The van der Waals surface area contributed by atoms with Gasteiger partial charge in [-0.3, -0.25) is 10.1 Å². The van der Waals surface area contributed by atoms with Gasteiger partial charge in [0, 0.05) is 5.69 Å². The fourth-order valence-electron chi connectivity index (χ4n) is 2.96. The summed E-state index contributed by atoms with van der Waals surface area (Å²) >= 11 is 11.2. The SMILES string of the molecule is COc1ccc(CS(=O)(=O)c2ccc(NC(=S)NC(=O)COc3ccc(C)cc3Cl)cc2)cc1. The number of sulfone groups is 1. The number of ether oxygens (including phenoxy) is 2. The van der Waals surface area contributed by atoms with E-state index in [9.17, 15) is 13.2 Å². The van der Waals surface area contributed by atoms with Crippen LogP contribution in [0, 0.1) is 6.92 Å². The Morgan fingerprint density at radius 2 is 1.71 bits per heavy atom. The average Bonchev–Trinajstić information content (AvgIpc) is 2.79. The van der Waals surface area contributed by atoms with Gasteiger partial charge in [-0.15, -0.1) is 0 Å². The zero-order valence-electron chi connectivity index (χ0n) is 18.5. The summed E-state index contributed by atoms with van der Waals surface area (Å²) in [5.41, 5.74) is 2.16. The van der Waals surface area contributed by atoms with Crippen LogP contribution in [0.15, 0.2) is 71.6 Å². The number of carbonyl (C=O) groups is 1. The summed E-state index contributed by atoms with van der Waals surface area (Å²) in [6.45, 7) is 1.63. The molecule has 0 fully saturated rings. The molecule has 7 nitrogen and oxygen atoms in total. The van der Waals surface area contributed by atoms with E-state index in [-0.39, 0.29) is 22.4 Å². The molecule has 0 unspecified atom stereocenters. The van der Waals surface area contributed by atoms with Crippen LogP contribution in [-0.4, -0.2) is 33.2 Å². The summed E-state index contributed by atoms with van der Waals surface area (Å²) in [6.07, 6.45) is 0. The van der Waals surface area contributed by atoms with E-state index in [0.717, 1.165) is 5.56 Å². The van der Waals surface area contributed by atoms with E-state index >= 15 is 0 Å². The normalized spacial score (nSPS) is 10.9. The lowest BCUT2D eigenvalue weighted by Crippen LogP contribution is -2.37. The van der Waals surface area contributed by atoms with Crippen molar-refractivity contribution >= 4 is 50.4 Å². The van der Waals surface area contributed by atoms with E-state index in [1.54, 1.807) is 55.6 Å². The predicted molar refractivity (Wildman–Crippen MR) is 136 cm³/mol. The second-order valence-electron chi connectivity index (χ2n) is 7.36. The number of rotatable bonds is 8. The Hall–Kier alpha value is -3.14. The van der Waals surface area contributed by atoms with E-state index in [4.69, 9.17) is 33.3 Å². The summed E-state index contributed by atoms with van der Waals surface area (Å²) in [4.78, 5) is 12.3. The molecule has 0 aliphatic carbocycles. The van der Waals surface area contributed by atoms with Crippen LogP contribution < -0.4 is 20.1 Å². The highest BCUT2D eigenvalue weighted by molar-refractivity contribution is 7.90. The molecule has 0 saturated carbocycles. The van der Waals surface area contributed by atoms with Gasteiger partial charge < -0.3 is 14.8 Å². The van der Waals surface area contributed by atoms with Gasteiger partial charge in [0.1, 0.15) is 11.5 Å². The molecule has 3 aromatic carbocycles. The van der Waals surface area contributed by atoms with Crippen LogP contribution in [0.3, 0.4) is 0 Å². The molecule has 178 valence electrons. The minimum absolute atomic E-state index is 0.0532. The number of thiocarbonyl (C=S) groups is 1. The van der Waals surface area contributed by atoms with Gasteiger partial charge in [0.2, 0.25) is 0 Å². The van der Waals surface area contributed by atoms with Crippen molar-refractivity contribution < 1.29 is 22.7 Å². The third kappa shape index (κ3) is 7.18. The number of nitrogens with one attached hydrogen (secondary N) is 2. The minimum atomic E-state index is -3.54. The Kier molecular flexibility index (Phi) is 8.49. The molecule has 10 heteroatoms. The zero-order valence-corrected chi connectivity index (χ0v) is 20.9. The van der Waals surface area contributed by atoms with Crippen LogP contribution in [0.1, 0.15) is 11.1 Å². The molecule has 34 heavy (non-hydrogen) atoms. The van der Waals surface area contributed by atoms with Crippen molar-refractivity contribution in [1.29, 1.82) is 0 Å². The Labute approximate surface area is 209 Å². The van der Waals surface area contributed by atoms with Crippen LogP contribution >= 0.6 is 23.8 Å². The second-order valence-corrected chi connectivity index (χ2v) is 10.2. The highest BCUT2D eigenvalue weighted by Gasteiger charge is 2.16. The minimum Gasteiger partial charge on any atom is -0.497 e. The fourth-order valence-corrected chi connectivity index (χ4v) is 4.83. The van der Waals surface area contributed by atoms with Gasteiger partial charge >= 0.3 is 0 Å². The molecule has 3 rings (SSSR count). The number of carbonyl (C=O) groups excluding carboxylic acids is 1. The van der Waals surface area contributed by atoms with Crippen LogP contribution in [0.5, 0.6) is 11.5 Å². The molecule has 0 heterocycles. The summed E-state index contributed by atoms with van der Waals surface area (Å²) < 4.78 is 35.9. The van der Waals surface area contributed by atoms with E-state index in [1.807, 2.05) is 13.0 Å². The van der Waals surface area contributed by atoms with Crippen molar-refractivity contribution in [2.45, 2.75) is 17.6 Å². The summed E-state index contributed by atoms with van der Waals surface area (Å²) in [7, 11) is -1.99. The summed E-state index contributed by atoms with van der Waals surface area (Å²) in [5.74, 6) is 0.453. The Morgan fingerprint density at radius 1 is 1.03 bits per heavy atom. The zero-order chi connectivity index (χ0) is 24.7. The monoisotopic (exact) mass is 518 g/mol. The third-order valence-electron chi connectivity index (χ3n) is 4.69. The first-order chi connectivity index (χ1) is 16.2. The van der Waals surface area contributed by atoms with Gasteiger partial charge in [0.25, 0.3) is 5.91 Å². The van der Waals surface area contributed by atoms with E-state index in [2.05, 4.69) is 10.6 Å². The topological polar surface area (TPSA) is 93.7 Å². The molecule has 0 aliphatic heterocycles. The first kappa shape index (κ1) is 25.5. The van der Waals surface area contributed by atoms with E-state index < -0.39 is 15.7 Å². The van der Waals surface area contributed by atoms with E-state index in [0.29, 0.717) is 27.8 Å². The molecule has 0 bridgehead atoms. The number of anilines is 1. The number of halogens is 1. The van der Waals surface area contributed by atoms with Gasteiger partial charge in [-0.2, -0.15) is 0 Å². The maximum atomic E-state index is 12.7. The quantitative estimate of drug-likeness (QED) is 0.423. The number of benzene rings is 3. The standard InChI is InChI=1S/C24H23ClN2O5S2/c1-16-3-12-22(21(25)13-16)32-14-23(28)27-24(33)26-18-6-10-20(11-7-18)34(29,30)15-17-4-8-19(31-2)9-5-17/h3-13H,14-15H2,1-2H3,(H2,26,27,28,33). The van der Waals surface area contributed by atoms with Gasteiger partial charge in [0.15, 0.2) is 21.6 Å². The maximum absolute atomic E-state index is 12.7. The lowest BCUT2D eigenvalue weighted by molar-refractivity contribution is -0.121. The first-order valence-corrected chi connectivity index (χ1v) is 12.6. The molecule has 0 aliphatic rings. The fraction of sp³-hybridized carbons (Fsp3) is 0.167. The maximum Gasteiger partial charge on any atom is 0.264 e. The molecule has 0 radical (unpaired) electrons. The Bertz CT molecular complexity index is 1280. The third-order valence-corrected chi connectivity index (χ3v) is 6.89. The number of hydrogen-bond donors (Lipinski definition) is 2. The summed E-state index contributed by atoms with van der Waals surface area (Å²) in [5, 5.41) is 5.81. The van der Waals surface area contributed by atoms with Gasteiger partial charge in [0.05, 0.1) is 22.8 Å². The molecule has 0 aromatic heterocycles. The molecule has 0 saturated heterocycles. The highest BCUT2D eigenvalue weighted by atomic mass is 35.5. The Morgan fingerprint density at radius 3 is 2.32 bits per heavy atom. The van der Waals surface area contributed by atoms with Gasteiger partial charge in [-0.25, -0.2) is 8.42 Å². The lowest BCUT2D eigenvalue weighted by atomic mass is 10.2. The lowest BCUT2D eigenvalue weighted by Gasteiger charge is -2.12. The molecule has 3 aromatic rings. The number of methoxy groups -OCH3 is 1. The van der Waals surface area contributed by atoms with Crippen LogP contribution in [0.25, 0.3) is 0 Å². The summed E-state index contributed by atoms with van der Waals surface area (Å²) in [6, 6.07) is 18.2. The van der Waals surface area contributed by atoms with Crippen molar-refractivity contribution in [2.24, 2.45) is 0 Å². The van der Waals surface area contributed by atoms with Crippen molar-refractivity contribution in [1.82, 2.24) is 5.32 Å². The molecule has 1 amide bonds. The average molecular weight is 519 g/mol. The largest absolute Gasteiger partial charge is 0.497 e. The molecule has 2 N–H and O–H groups in total. The second kappa shape index (κ2) is 11.3. The van der Waals surface area contributed by atoms with Crippen LogP contribution in [-0.2, 0) is 20.4 Å². The van der Waals surface area contributed by atoms with E-state index in [1.165, 1.54) is 12.1 Å². The van der Waals surface area contributed by atoms with Crippen molar-refractivity contribution in [3.63, 3.8) is 0 Å². The molecular weight excluding hydrogens is 496 g/mol. The molecule has 0 spiro atoms. The van der Waals surface area contributed by atoms with Crippen molar-refractivity contribution in [2.75, 3.05) is 19.0 Å². The van der Waals surface area contributed by atoms with Crippen LogP contribution in [0.2, 0.25) is 5.02 Å². The number of amides is 1. The highest BCUT2D eigenvalue weighted by Crippen LogP contribution is 2.25. The van der Waals surface area contributed by atoms with Crippen LogP contribution in [0.4, 0.5) is 5.69 Å². The smallest absolute Gasteiger partial charge is 0.264 e.